The van der Waals surface area contributed by atoms with Crippen LogP contribution in [-0.2, 0) is 4.74 Å². The Hall–Kier alpha value is -1.59. The highest BCUT2D eigenvalue weighted by Crippen LogP contribution is 2.19. The second kappa shape index (κ2) is 3.88. The van der Waals surface area contributed by atoms with E-state index in [1.165, 1.54) is 0 Å². The zero-order valence-electron chi connectivity index (χ0n) is 6.70. The van der Waals surface area contributed by atoms with E-state index in [1.54, 1.807) is 0 Å². The van der Waals surface area contributed by atoms with Crippen molar-refractivity contribution < 1.29 is 18.3 Å². The lowest BCUT2D eigenvalue weighted by molar-refractivity contribution is 0.0586. The maximum absolute atomic E-state index is 12.2. The first-order valence-electron chi connectivity index (χ1n) is 3.33. The van der Waals surface area contributed by atoms with Gasteiger partial charge >= 0.3 is 5.97 Å². The maximum atomic E-state index is 12.2. The molecule has 70 valence electrons. The molecule has 1 heterocycles. The largest absolute Gasteiger partial charge is 0.465 e. The number of ether oxygens (including phenoxy) is 1. The number of hydrogen-bond donors (Lipinski definition) is 0. The maximum Gasteiger partial charge on any atom is 0.341 e. The van der Waals surface area contributed by atoms with E-state index in [9.17, 15) is 13.6 Å². The third-order valence-corrected chi connectivity index (χ3v) is 1.36. The Labute approximate surface area is 72.6 Å². The molecule has 0 fully saturated rings. The van der Waals surface area contributed by atoms with Gasteiger partial charge in [-0.3, -0.25) is 0 Å². The number of rotatable bonds is 2. The lowest BCUT2D eigenvalue weighted by Crippen LogP contribution is -2.08. The van der Waals surface area contributed by atoms with Gasteiger partial charge in [0.1, 0.15) is 17.6 Å². The van der Waals surface area contributed by atoms with Gasteiger partial charge in [0.05, 0.1) is 7.11 Å². The van der Waals surface area contributed by atoms with Crippen molar-refractivity contribution >= 4 is 5.97 Å². The highest BCUT2D eigenvalue weighted by Gasteiger charge is 2.20. The molecule has 6 heteroatoms. The lowest BCUT2D eigenvalue weighted by Gasteiger charge is -2.03. The number of methoxy groups -OCH3 is 1. The minimum atomic E-state index is -2.81. The van der Waals surface area contributed by atoms with Crippen LogP contribution in [0.3, 0.4) is 0 Å². The van der Waals surface area contributed by atoms with Crippen molar-refractivity contribution in [3.8, 4) is 0 Å². The zero-order valence-corrected chi connectivity index (χ0v) is 6.70. The smallest absolute Gasteiger partial charge is 0.341 e. The molecule has 0 saturated heterocycles. The second-order valence-corrected chi connectivity index (χ2v) is 2.11. The summed E-state index contributed by atoms with van der Waals surface area (Å²) in [6.07, 6.45) is -0.856. The van der Waals surface area contributed by atoms with Crippen molar-refractivity contribution in [1.82, 2.24) is 9.97 Å². The van der Waals surface area contributed by atoms with Gasteiger partial charge in [-0.25, -0.2) is 23.5 Å². The van der Waals surface area contributed by atoms with Crippen molar-refractivity contribution in [2.75, 3.05) is 7.11 Å². The van der Waals surface area contributed by atoms with Crippen LogP contribution in [0.4, 0.5) is 8.78 Å². The van der Waals surface area contributed by atoms with Crippen LogP contribution in [0, 0.1) is 0 Å². The van der Waals surface area contributed by atoms with Gasteiger partial charge in [0.25, 0.3) is 6.43 Å². The molecule has 0 aliphatic carbocycles. The van der Waals surface area contributed by atoms with Gasteiger partial charge in [0.2, 0.25) is 0 Å². The molecule has 1 rings (SSSR count). The predicted octanol–water partition coefficient (Wildman–Crippen LogP) is 1.20. The van der Waals surface area contributed by atoms with Crippen LogP contribution in [0.2, 0.25) is 0 Å². The summed E-state index contributed by atoms with van der Waals surface area (Å²) < 4.78 is 28.7. The van der Waals surface area contributed by atoms with Crippen molar-refractivity contribution in [3.05, 3.63) is 23.8 Å². The Morgan fingerprint density at radius 3 is 2.85 bits per heavy atom. The quantitative estimate of drug-likeness (QED) is 0.654. The number of alkyl halides is 2. The molecule has 0 N–H and O–H groups in total. The molecule has 0 saturated carbocycles. The summed E-state index contributed by atoms with van der Waals surface area (Å²) in [5.74, 6) is -0.865. The van der Waals surface area contributed by atoms with E-state index >= 15 is 0 Å². The van der Waals surface area contributed by atoms with Crippen LogP contribution >= 0.6 is 0 Å². The molecular formula is C7H6F2N2O2. The minimum Gasteiger partial charge on any atom is -0.465 e. The highest BCUT2D eigenvalue weighted by atomic mass is 19.3. The fourth-order valence-corrected chi connectivity index (χ4v) is 0.780. The molecule has 0 spiro atoms. The number of nitrogens with zero attached hydrogens (tertiary/aromatic N) is 2. The van der Waals surface area contributed by atoms with Gasteiger partial charge in [-0.2, -0.15) is 0 Å². The van der Waals surface area contributed by atoms with Crippen molar-refractivity contribution in [2.24, 2.45) is 0 Å². The van der Waals surface area contributed by atoms with Gasteiger partial charge in [-0.15, -0.1) is 0 Å². The van der Waals surface area contributed by atoms with E-state index < -0.39 is 18.1 Å². The third-order valence-electron chi connectivity index (χ3n) is 1.36. The second-order valence-electron chi connectivity index (χ2n) is 2.11. The van der Waals surface area contributed by atoms with Crippen LogP contribution in [0.1, 0.15) is 22.5 Å². The minimum absolute atomic E-state index is 0.306. The van der Waals surface area contributed by atoms with E-state index in [2.05, 4.69) is 14.7 Å². The molecule has 0 amide bonds. The van der Waals surface area contributed by atoms with E-state index in [0.717, 1.165) is 19.6 Å². The Balaban J connectivity index is 3.12. The molecule has 1 aromatic heterocycles. The van der Waals surface area contributed by atoms with Crippen molar-refractivity contribution in [1.29, 1.82) is 0 Å². The van der Waals surface area contributed by atoms with Gasteiger partial charge in [-0.1, -0.05) is 0 Å². The SMILES string of the molecule is COC(=O)c1cncnc1C(F)F. The summed E-state index contributed by atoms with van der Waals surface area (Å²) in [7, 11) is 1.10. The zero-order chi connectivity index (χ0) is 9.84. The number of halogens is 2. The average Bonchev–Trinajstić information content (AvgIpc) is 2.16. The molecule has 0 aliphatic heterocycles. The van der Waals surface area contributed by atoms with Gasteiger partial charge in [-0.05, 0) is 0 Å². The summed E-state index contributed by atoms with van der Waals surface area (Å²) in [5, 5.41) is 0. The molecule has 0 atom stereocenters. The summed E-state index contributed by atoms with van der Waals surface area (Å²) >= 11 is 0. The highest BCUT2D eigenvalue weighted by molar-refractivity contribution is 5.90. The van der Waals surface area contributed by atoms with Crippen LogP contribution in [0.15, 0.2) is 12.5 Å². The van der Waals surface area contributed by atoms with Crippen LogP contribution in [0.25, 0.3) is 0 Å². The Bertz CT molecular complexity index is 317. The number of carbonyl (C=O) groups excluding carboxylic acids is 1. The molecule has 0 unspecified atom stereocenters. The topological polar surface area (TPSA) is 52.1 Å². The fourth-order valence-electron chi connectivity index (χ4n) is 0.780. The summed E-state index contributed by atoms with van der Waals surface area (Å²) in [6.45, 7) is 0. The van der Waals surface area contributed by atoms with Crippen LogP contribution in [-0.4, -0.2) is 23.0 Å². The van der Waals surface area contributed by atoms with Crippen molar-refractivity contribution in [3.63, 3.8) is 0 Å². The van der Waals surface area contributed by atoms with E-state index in [1.807, 2.05) is 0 Å². The molecule has 1 aromatic rings. The molecule has 13 heavy (non-hydrogen) atoms. The summed E-state index contributed by atoms with van der Waals surface area (Å²) in [5.41, 5.74) is -0.915. The first-order chi connectivity index (χ1) is 6.16. The predicted molar refractivity (Wildman–Crippen MR) is 38.3 cm³/mol. The molecule has 4 nitrogen and oxygen atoms in total. The molecule has 0 aromatic carbocycles. The standard InChI is InChI=1S/C7H6F2N2O2/c1-13-7(12)4-2-10-3-11-5(4)6(8)9/h2-3,6H,1H3. The van der Waals surface area contributed by atoms with Crippen LogP contribution in [0.5, 0.6) is 0 Å². The normalized spacial score (nSPS) is 10.2. The third kappa shape index (κ3) is 1.95. The van der Waals surface area contributed by atoms with E-state index in [4.69, 9.17) is 0 Å². The molecule has 0 bridgehead atoms. The number of hydrogen-bond acceptors (Lipinski definition) is 4. The summed E-state index contributed by atoms with van der Waals surface area (Å²) in [4.78, 5) is 17.6. The number of carbonyl (C=O) groups is 1. The first-order valence-corrected chi connectivity index (χ1v) is 3.33. The number of aromatic nitrogens is 2. The molecule has 0 radical (unpaired) electrons. The van der Waals surface area contributed by atoms with Gasteiger partial charge in [0.15, 0.2) is 0 Å². The molecular weight excluding hydrogens is 182 g/mol. The van der Waals surface area contributed by atoms with Gasteiger partial charge in [0, 0.05) is 6.20 Å². The van der Waals surface area contributed by atoms with Crippen molar-refractivity contribution in [2.45, 2.75) is 6.43 Å². The lowest BCUT2D eigenvalue weighted by atomic mass is 10.2. The fraction of sp³-hybridized carbons (Fsp3) is 0.286. The Morgan fingerprint density at radius 1 is 1.62 bits per heavy atom. The summed E-state index contributed by atoms with van der Waals surface area (Å²) in [6, 6.07) is 0. The van der Waals surface area contributed by atoms with Crippen LogP contribution < -0.4 is 0 Å². The monoisotopic (exact) mass is 188 g/mol. The Morgan fingerprint density at radius 2 is 2.31 bits per heavy atom. The first kappa shape index (κ1) is 9.50. The van der Waals surface area contributed by atoms with E-state index in [0.29, 0.717) is 0 Å². The average molecular weight is 188 g/mol. The molecule has 0 aliphatic rings. The Kier molecular flexibility index (Phi) is 2.84. The van der Waals surface area contributed by atoms with Gasteiger partial charge < -0.3 is 4.74 Å². The van der Waals surface area contributed by atoms with E-state index in [-0.39, 0.29) is 5.56 Å². The number of esters is 1.